The Balaban J connectivity index is 1.29. The summed E-state index contributed by atoms with van der Waals surface area (Å²) in [6.07, 6.45) is 7.35. The van der Waals surface area contributed by atoms with Gasteiger partial charge in [-0.2, -0.15) is 10.2 Å². The van der Waals surface area contributed by atoms with E-state index in [9.17, 15) is 4.79 Å². The van der Waals surface area contributed by atoms with Gasteiger partial charge in [-0.1, -0.05) is 69.4 Å². The first kappa shape index (κ1) is 26.1. The van der Waals surface area contributed by atoms with E-state index in [1.807, 2.05) is 55.5 Å². The molecule has 0 atom stereocenters. The number of azo groups is 1. The summed E-state index contributed by atoms with van der Waals surface area (Å²) in [7, 11) is 0. The molecular formula is C32H34N2O3. The second-order valence-electron chi connectivity index (χ2n) is 9.21. The largest absolute Gasteiger partial charge is 0.494 e. The van der Waals surface area contributed by atoms with Crippen LogP contribution < -0.4 is 9.47 Å². The second kappa shape index (κ2) is 13.4. The molecule has 0 unspecified atom stereocenters. The molecule has 4 rings (SSSR count). The monoisotopic (exact) mass is 494 g/mol. The van der Waals surface area contributed by atoms with Crippen molar-refractivity contribution in [2.24, 2.45) is 10.2 Å². The zero-order valence-corrected chi connectivity index (χ0v) is 21.7. The van der Waals surface area contributed by atoms with Crippen molar-refractivity contribution in [3.05, 3.63) is 96.1 Å². The van der Waals surface area contributed by atoms with Gasteiger partial charge in [0.2, 0.25) is 0 Å². The lowest BCUT2D eigenvalue weighted by molar-refractivity contribution is 0.0733. The zero-order chi connectivity index (χ0) is 25.9. The van der Waals surface area contributed by atoms with Gasteiger partial charge in [-0.15, -0.1) is 0 Å². The molecule has 0 fully saturated rings. The maximum atomic E-state index is 12.7. The Kier molecular flexibility index (Phi) is 9.41. The van der Waals surface area contributed by atoms with Gasteiger partial charge < -0.3 is 9.47 Å². The van der Waals surface area contributed by atoms with Gasteiger partial charge >= 0.3 is 5.97 Å². The lowest BCUT2D eigenvalue weighted by Crippen LogP contribution is -2.09. The molecule has 0 saturated heterocycles. The van der Waals surface area contributed by atoms with E-state index in [1.54, 1.807) is 24.3 Å². The lowest BCUT2D eigenvalue weighted by atomic mass is 10.1. The Labute approximate surface area is 219 Å². The maximum absolute atomic E-state index is 12.7. The highest BCUT2D eigenvalue weighted by atomic mass is 16.5. The SMILES string of the molecule is CCCCCCCCOc1ccc(C(=O)Oc2ccc(N=Nc3ccc4ccccc4c3)cc2C)cc1. The first-order chi connectivity index (χ1) is 18.1. The Bertz CT molecular complexity index is 1350. The van der Waals surface area contributed by atoms with E-state index in [4.69, 9.17) is 9.47 Å². The van der Waals surface area contributed by atoms with Crippen LogP contribution >= 0.6 is 0 Å². The van der Waals surface area contributed by atoms with Crippen LogP contribution in [0.1, 0.15) is 61.4 Å². The summed E-state index contributed by atoms with van der Waals surface area (Å²) in [5.74, 6) is 0.858. The number of benzene rings is 4. The van der Waals surface area contributed by atoms with E-state index in [-0.39, 0.29) is 0 Å². The number of esters is 1. The summed E-state index contributed by atoms with van der Waals surface area (Å²) < 4.78 is 11.4. The van der Waals surface area contributed by atoms with Crippen LogP contribution in [0.4, 0.5) is 11.4 Å². The quantitative estimate of drug-likeness (QED) is 0.0852. The molecule has 0 saturated carbocycles. The van der Waals surface area contributed by atoms with Crippen molar-refractivity contribution in [2.45, 2.75) is 52.4 Å². The topological polar surface area (TPSA) is 60.2 Å². The molecule has 0 N–H and O–H groups in total. The number of nitrogens with zero attached hydrogens (tertiary/aromatic N) is 2. The second-order valence-corrected chi connectivity index (χ2v) is 9.21. The third-order valence-corrected chi connectivity index (χ3v) is 6.23. The van der Waals surface area contributed by atoms with Gasteiger partial charge in [0, 0.05) is 0 Å². The van der Waals surface area contributed by atoms with Crippen LogP contribution in [0.15, 0.2) is 95.2 Å². The molecule has 0 radical (unpaired) electrons. The third-order valence-electron chi connectivity index (χ3n) is 6.23. The molecule has 0 aromatic heterocycles. The van der Waals surface area contributed by atoms with Gasteiger partial charge in [-0.25, -0.2) is 4.79 Å². The normalized spacial score (nSPS) is 11.2. The van der Waals surface area contributed by atoms with Crippen LogP contribution in [-0.2, 0) is 0 Å². The summed E-state index contributed by atoms with van der Waals surface area (Å²) in [6, 6.07) is 26.6. The van der Waals surface area contributed by atoms with Crippen LogP contribution in [0.25, 0.3) is 10.8 Å². The Morgan fingerprint density at radius 1 is 0.730 bits per heavy atom. The molecular weight excluding hydrogens is 460 g/mol. The predicted molar refractivity (Wildman–Crippen MR) is 150 cm³/mol. The van der Waals surface area contributed by atoms with Crippen LogP contribution in [0, 0.1) is 6.92 Å². The minimum Gasteiger partial charge on any atom is -0.494 e. The van der Waals surface area contributed by atoms with E-state index < -0.39 is 5.97 Å². The smallest absolute Gasteiger partial charge is 0.343 e. The summed E-state index contributed by atoms with van der Waals surface area (Å²) >= 11 is 0. The Morgan fingerprint density at radius 3 is 2.16 bits per heavy atom. The number of carbonyl (C=O) groups is 1. The molecule has 4 aromatic rings. The standard InChI is InChI=1S/C32H34N2O3/c1-3-4-5-6-7-10-21-36-30-18-14-26(15-19-30)32(35)37-31-20-17-28(22-24(31)2)33-34-29-16-13-25-11-8-9-12-27(25)23-29/h8-9,11-20,22-23H,3-7,10,21H2,1-2H3. The average molecular weight is 495 g/mol. The average Bonchev–Trinajstić information content (AvgIpc) is 2.93. The van der Waals surface area contributed by atoms with Crippen molar-refractivity contribution in [1.82, 2.24) is 0 Å². The number of carbonyl (C=O) groups excluding carboxylic acids is 1. The number of ether oxygens (including phenoxy) is 2. The van der Waals surface area contributed by atoms with Crippen molar-refractivity contribution in [1.29, 1.82) is 0 Å². The van der Waals surface area contributed by atoms with Crippen LogP contribution in [0.2, 0.25) is 0 Å². The number of fused-ring (bicyclic) bond motifs is 1. The predicted octanol–water partition coefficient (Wildman–Crippen LogP) is 9.52. The highest BCUT2D eigenvalue weighted by Crippen LogP contribution is 2.27. The van der Waals surface area contributed by atoms with E-state index in [1.165, 1.54) is 37.5 Å². The maximum Gasteiger partial charge on any atom is 0.343 e. The summed E-state index contributed by atoms with van der Waals surface area (Å²) in [5, 5.41) is 11.0. The number of unbranched alkanes of at least 4 members (excludes halogenated alkanes) is 5. The molecule has 5 heteroatoms. The van der Waals surface area contributed by atoms with Crippen LogP contribution in [0.3, 0.4) is 0 Å². The number of rotatable bonds is 12. The fourth-order valence-electron chi connectivity index (χ4n) is 4.08. The minimum absolute atomic E-state index is 0.406. The van der Waals surface area contributed by atoms with Crippen molar-refractivity contribution in [3.63, 3.8) is 0 Å². The molecule has 0 aliphatic rings. The molecule has 0 amide bonds. The fraction of sp³-hybridized carbons (Fsp3) is 0.281. The summed E-state index contributed by atoms with van der Waals surface area (Å²) in [4.78, 5) is 12.7. The molecule has 37 heavy (non-hydrogen) atoms. The van der Waals surface area contributed by atoms with Crippen molar-refractivity contribution in [2.75, 3.05) is 6.61 Å². The zero-order valence-electron chi connectivity index (χ0n) is 21.7. The fourth-order valence-corrected chi connectivity index (χ4v) is 4.08. The molecule has 5 nitrogen and oxygen atoms in total. The Morgan fingerprint density at radius 2 is 1.41 bits per heavy atom. The van der Waals surface area contributed by atoms with Gasteiger partial charge in [0.25, 0.3) is 0 Å². The highest BCUT2D eigenvalue weighted by molar-refractivity contribution is 5.91. The molecule has 0 bridgehead atoms. The van der Waals surface area contributed by atoms with Gasteiger partial charge in [0.15, 0.2) is 0 Å². The number of hydrogen-bond acceptors (Lipinski definition) is 5. The van der Waals surface area contributed by atoms with E-state index in [2.05, 4.69) is 29.3 Å². The van der Waals surface area contributed by atoms with Gasteiger partial charge in [0.1, 0.15) is 11.5 Å². The van der Waals surface area contributed by atoms with Crippen molar-refractivity contribution < 1.29 is 14.3 Å². The van der Waals surface area contributed by atoms with E-state index in [0.29, 0.717) is 23.6 Å². The molecule has 190 valence electrons. The number of aryl methyl sites for hydroxylation is 1. The minimum atomic E-state index is -0.406. The van der Waals surface area contributed by atoms with E-state index in [0.717, 1.165) is 28.8 Å². The first-order valence-corrected chi connectivity index (χ1v) is 13.1. The Hall–Kier alpha value is -3.99. The van der Waals surface area contributed by atoms with Gasteiger partial charge in [-0.05, 0) is 84.3 Å². The highest BCUT2D eigenvalue weighted by Gasteiger charge is 2.11. The van der Waals surface area contributed by atoms with E-state index >= 15 is 0 Å². The summed E-state index contributed by atoms with van der Waals surface area (Å²) in [6.45, 7) is 4.80. The molecule has 0 heterocycles. The third kappa shape index (κ3) is 7.74. The van der Waals surface area contributed by atoms with Gasteiger partial charge in [-0.3, -0.25) is 0 Å². The molecule has 0 aliphatic heterocycles. The first-order valence-electron chi connectivity index (χ1n) is 13.1. The van der Waals surface area contributed by atoms with Crippen molar-refractivity contribution >= 4 is 28.1 Å². The molecule has 4 aromatic carbocycles. The van der Waals surface area contributed by atoms with Gasteiger partial charge in [0.05, 0.1) is 23.5 Å². The number of hydrogen-bond donors (Lipinski definition) is 0. The molecule has 0 aliphatic carbocycles. The molecule has 0 spiro atoms. The lowest BCUT2D eigenvalue weighted by Gasteiger charge is -2.09. The van der Waals surface area contributed by atoms with Crippen LogP contribution in [-0.4, -0.2) is 12.6 Å². The summed E-state index contributed by atoms with van der Waals surface area (Å²) in [5.41, 5.74) is 2.76. The van der Waals surface area contributed by atoms with Crippen LogP contribution in [0.5, 0.6) is 11.5 Å². The van der Waals surface area contributed by atoms with Crippen molar-refractivity contribution in [3.8, 4) is 11.5 Å².